The fourth-order valence-corrected chi connectivity index (χ4v) is 2.26. The van der Waals surface area contributed by atoms with Gasteiger partial charge in [-0.1, -0.05) is 0 Å². The molecule has 5 heteroatoms. The van der Waals surface area contributed by atoms with Gasteiger partial charge in [-0.15, -0.1) is 0 Å². The van der Waals surface area contributed by atoms with Crippen LogP contribution in [0.1, 0.15) is 46.5 Å². The number of amides is 1. The minimum absolute atomic E-state index is 0.201. The summed E-state index contributed by atoms with van der Waals surface area (Å²) in [6, 6.07) is 0. The minimum Gasteiger partial charge on any atom is -0.444 e. The van der Waals surface area contributed by atoms with Crippen molar-refractivity contribution in [2.45, 2.75) is 52.1 Å². The largest absolute Gasteiger partial charge is 0.444 e. The summed E-state index contributed by atoms with van der Waals surface area (Å²) in [5.41, 5.74) is 1.74. The SMILES string of the molecule is CC(C)(C)OC(=O)N1CCCC(CCCNO)C1. The zero-order valence-electron chi connectivity index (χ0n) is 11.7. The molecule has 0 radical (unpaired) electrons. The van der Waals surface area contributed by atoms with Crippen molar-refractivity contribution in [3.63, 3.8) is 0 Å². The van der Waals surface area contributed by atoms with Gasteiger partial charge in [0.25, 0.3) is 0 Å². The van der Waals surface area contributed by atoms with Crippen LogP contribution in [0.5, 0.6) is 0 Å². The number of likely N-dealkylation sites (tertiary alicyclic amines) is 1. The van der Waals surface area contributed by atoms with Crippen molar-refractivity contribution >= 4 is 6.09 Å². The first-order valence-corrected chi connectivity index (χ1v) is 6.77. The number of carbonyl (C=O) groups is 1. The second kappa shape index (κ2) is 6.95. The lowest BCUT2D eigenvalue weighted by atomic mass is 9.94. The van der Waals surface area contributed by atoms with Gasteiger partial charge in [-0.25, -0.2) is 10.3 Å². The number of nitrogens with one attached hydrogen (secondary N) is 1. The molecule has 1 atom stereocenters. The minimum atomic E-state index is -0.426. The third-order valence-corrected chi connectivity index (χ3v) is 3.07. The molecule has 0 spiro atoms. The van der Waals surface area contributed by atoms with E-state index in [2.05, 4.69) is 5.48 Å². The Morgan fingerprint density at radius 1 is 1.50 bits per heavy atom. The molecule has 0 aromatic carbocycles. The average Bonchev–Trinajstić information content (AvgIpc) is 2.27. The maximum absolute atomic E-state index is 11.9. The summed E-state index contributed by atoms with van der Waals surface area (Å²) < 4.78 is 5.39. The Balaban J connectivity index is 2.36. The predicted molar refractivity (Wildman–Crippen MR) is 69.6 cm³/mol. The molecule has 1 heterocycles. The molecule has 1 amide bonds. The lowest BCUT2D eigenvalue weighted by molar-refractivity contribution is 0.0159. The van der Waals surface area contributed by atoms with Crippen LogP contribution >= 0.6 is 0 Å². The molecule has 1 aliphatic rings. The van der Waals surface area contributed by atoms with Crippen molar-refractivity contribution < 1.29 is 14.7 Å². The molecule has 0 saturated carbocycles. The van der Waals surface area contributed by atoms with Crippen molar-refractivity contribution in [1.82, 2.24) is 10.4 Å². The highest BCUT2D eigenvalue weighted by atomic mass is 16.6. The van der Waals surface area contributed by atoms with Crippen LogP contribution in [0.4, 0.5) is 4.79 Å². The third kappa shape index (κ3) is 5.69. The second-order valence-electron chi connectivity index (χ2n) is 5.98. The van der Waals surface area contributed by atoms with Crippen LogP contribution in [0, 0.1) is 5.92 Å². The summed E-state index contributed by atoms with van der Waals surface area (Å²) in [4.78, 5) is 13.8. The summed E-state index contributed by atoms with van der Waals surface area (Å²) in [7, 11) is 0. The number of hydrogen-bond acceptors (Lipinski definition) is 4. The van der Waals surface area contributed by atoms with E-state index < -0.39 is 5.60 Å². The molecule has 0 bridgehead atoms. The van der Waals surface area contributed by atoms with E-state index in [1.54, 1.807) is 0 Å². The quantitative estimate of drug-likeness (QED) is 0.600. The first-order chi connectivity index (χ1) is 8.42. The predicted octanol–water partition coefficient (Wildman–Crippen LogP) is 2.39. The van der Waals surface area contributed by atoms with Crippen LogP contribution in [0.25, 0.3) is 0 Å². The van der Waals surface area contributed by atoms with Crippen molar-refractivity contribution in [1.29, 1.82) is 0 Å². The van der Waals surface area contributed by atoms with E-state index >= 15 is 0 Å². The normalized spacial score (nSPS) is 20.9. The Morgan fingerprint density at radius 2 is 2.22 bits per heavy atom. The van der Waals surface area contributed by atoms with Gasteiger partial charge < -0.3 is 14.8 Å². The second-order valence-corrected chi connectivity index (χ2v) is 5.98. The Labute approximate surface area is 109 Å². The van der Waals surface area contributed by atoms with Gasteiger partial charge in [0.15, 0.2) is 0 Å². The summed E-state index contributed by atoms with van der Waals surface area (Å²) >= 11 is 0. The zero-order chi connectivity index (χ0) is 13.6. The van der Waals surface area contributed by atoms with Crippen molar-refractivity contribution in [3.8, 4) is 0 Å². The van der Waals surface area contributed by atoms with E-state index in [0.29, 0.717) is 12.5 Å². The Kier molecular flexibility index (Phi) is 5.88. The first kappa shape index (κ1) is 15.2. The van der Waals surface area contributed by atoms with E-state index in [0.717, 1.165) is 38.8 Å². The van der Waals surface area contributed by atoms with Gasteiger partial charge in [-0.05, 0) is 52.4 Å². The van der Waals surface area contributed by atoms with E-state index in [4.69, 9.17) is 9.94 Å². The molecular weight excluding hydrogens is 232 g/mol. The number of hydroxylamine groups is 1. The highest BCUT2D eigenvalue weighted by molar-refractivity contribution is 5.68. The van der Waals surface area contributed by atoms with Gasteiger partial charge >= 0.3 is 6.09 Å². The molecule has 1 fully saturated rings. The van der Waals surface area contributed by atoms with Crippen LogP contribution in [0.15, 0.2) is 0 Å². The van der Waals surface area contributed by atoms with Gasteiger partial charge in [0.1, 0.15) is 5.60 Å². The van der Waals surface area contributed by atoms with Crippen molar-refractivity contribution in [2.75, 3.05) is 19.6 Å². The molecule has 0 aromatic heterocycles. The molecule has 18 heavy (non-hydrogen) atoms. The third-order valence-electron chi connectivity index (χ3n) is 3.07. The van der Waals surface area contributed by atoms with Gasteiger partial charge in [0.2, 0.25) is 0 Å². The molecule has 1 aliphatic heterocycles. The fraction of sp³-hybridized carbons (Fsp3) is 0.923. The van der Waals surface area contributed by atoms with Crippen molar-refractivity contribution in [3.05, 3.63) is 0 Å². The lowest BCUT2D eigenvalue weighted by Crippen LogP contribution is -2.42. The molecular formula is C13H26N2O3. The van der Waals surface area contributed by atoms with Gasteiger partial charge in [0.05, 0.1) is 0 Å². The number of ether oxygens (including phenoxy) is 1. The topological polar surface area (TPSA) is 61.8 Å². The molecule has 1 unspecified atom stereocenters. The Bertz CT molecular complexity index is 263. The summed E-state index contributed by atoms with van der Waals surface area (Å²) in [5.74, 6) is 0.527. The molecule has 0 aromatic rings. The smallest absolute Gasteiger partial charge is 0.410 e. The number of piperidine rings is 1. The highest BCUT2D eigenvalue weighted by Crippen LogP contribution is 2.22. The van der Waals surface area contributed by atoms with Crippen LogP contribution < -0.4 is 5.48 Å². The lowest BCUT2D eigenvalue weighted by Gasteiger charge is -2.34. The number of hydrogen-bond donors (Lipinski definition) is 2. The average molecular weight is 258 g/mol. The maximum Gasteiger partial charge on any atom is 0.410 e. The molecule has 1 saturated heterocycles. The summed E-state index contributed by atoms with van der Waals surface area (Å²) in [6.45, 7) is 7.85. The maximum atomic E-state index is 11.9. The van der Waals surface area contributed by atoms with Gasteiger partial charge in [0, 0.05) is 19.6 Å². The van der Waals surface area contributed by atoms with E-state index in [9.17, 15) is 4.79 Å². The monoisotopic (exact) mass is 258 g/mol. The zero-order valence-corrected chi connectivity index (χ0v) is 11.7. The van der Waals surface area contributed by atoms with Crippen LogP contribution in [0.3, 0.4) is 0 Å². The molecule has 0 aliphatic carbocycles. The van der Waals surface area contributed by atoms with Crippen molar-refractivity contribution in [2.24, 2.45) is 5.92 Å². The number of nitrogens with zero attached hydrogens (tertiary/aromatic N) is 1. The number of carbonyl (C=O) groups excluding carboxylic acids is 1. The standard InChI is InChI=1S/C13H26N2O3/c1-13(2,3)18-12(16)15-9-5-7-11(10-15)6-4-8-14-17/h11,14,17H,4-10H2,1-3H3. The van der Waals surface area contributed by atoms with E-state index in [1.807, 2.05) is 25.7 Å². The van der Waals surface area contributed by atoms with Crippen LogP contribution in [0.2, 0.25) is 0 Å². The fourth-order valence-electron chi connectivity index (χ4n) is 2.26. The highest BCUT2D eigenvalue weighted by Gasteiger charge is 2.27. The molecule has 2 N–H and O–H groups in total. The summed E-state index contributed by atoms with van der Waals surface area (Å²) in [5, 5.41) is 8.53. The summed E-state index contributed by atoms with van der Waals surface area (Å²) in [6.07, 6.45) is 3.96. The molecule has 5 nitrogen and oxygen atoms in total. The first-order valence-electron chi connectivity index (χ1n) is 6.77. The molecule has 106 valence electrons. The Morgan fingerprint density at radius 3 is 2.83 bits per heavy atom. The molecule has 1 rings (SSSR count). The van der Waals surface area contributed by atoms with Gasteiger partial charge in [-0.2, -0.15) is 0 Å². The van der Waals surface area contributed by atoms with Crippen LogP contribution in [-0.2, 0) is 4.74 Å². The Hall–Kier alpha value is -0.810. The van der Waals surface area contributed by atoms with E-state index in [-0.39, 0.29) is 6.09 Å². The van der Waals surface area contributed by atoms with Gasteiger partial charge in [-0.3, -0.25) is 0 Å². The van der Waals surface area contributed by atoms with E-state index in [1.165, 1.54) is 0 Å². The number of rotatable bonds is 4. The van der Waals surface area contributed by atoms with Crippen LogP contribution in [-0.4, -0.2) is 41.4 Å².